The molecular formula is C22H29IN4O2. The minimum Gasteiger partial charge on any atom is -0.370 e. The first-order valence-corrected chi connectivity index (χ1v) is 9.67. The summed E-state index contributed by atoms with van der Waals surface area (Å²) in [4.78, 5) is 18.3. The van der Waals surface area contributed by atoms with Gasteiger partial charge in [-0.2, -0.15) is 0 Å². The number of nitrogens with zero attached hydrogens (tertiary/aromatic N) is 2. The maximum absolute atomic E-state index is 11.2. The van der Waals surface area contributed by atoms with Gasteiger partial charge in [0.25, 0.3) is 0 Å². The highest BCUT2D eigenvalue weighted by Crippen LogP contribution is 2.25. The van der Waals surface area contributed by atoms with Gasteiger partial charge < -0.3 is 20.7 Å². The number of carbonyl (C=O) groups is 1. The van der Waals surface area contributed by atoms with Crippen molar-refractivity contribution in [2.75, 3.05) is 26.2 Å². The molecule has 1 fully saturated rings. The van der Waals surface area contributed by atoms with Gasteiger partial charge in [0.15, 0.2) is 5.96 Å². The number of aliphatic imine (C=N–C) groups is 1. The number of halogens is 1. The van der Waals surface area contributed by atoms with Gasteiger partial charge in [-0.3, -0.25) is 4.79 Å². The fourth-order valence-corrected chi connectivity index (χ4v) is 3.34. The number of aryl methyl sites for hydroxylation is 1. The number of amides is 1. The average Bonchev–Trinajstić information content (AvgIpc) is 2.72. The van der Waals surface area contributed by atoms with Gasteiger partial charge in [-0.05, 0) is 42.7 Å². The molecular weight excluding hydrogens is 479 g/mol. The maximum atomic E-state index is 11.2. The van der Waals surface area contributed by atoms with Gasteiger partial charge in [0.1, 0.15) is 6.10 Å². The Morgan fingerprint density at radius 3 is 2.62 bits per heavy atom. The topological polar surface area (TPSA) is 79.9 Å². The minimum absolute atomic E-state index is 0. The molecule has 1 atom stereocenters. The summed E-state index contributed by atoms with van der Waals surface area (Å²) in [5, 5.41) is 3.39. The SMILES string of the molecule is CCNC(=NCc1ccc(C(N)=O)cc1)N1CCOC(c2ccccc2C)C1.I. The lowest BCUT2D eigenvalue weighted by Crippen LogP contribution is -2.48. The van der Waals surface area contributed by atoms with Crippen LogP contribution in [-0.2, 0) is 11.3 Å². The largest absolute Gasteiger partial charge is 0.370 e. The smallest absolute Gasteiger partial charge is 0.248 e. The normalized spacial score (nSPS) is 16.8. The van der Waals surface area contributed by atoms with Crippen molar-refractivity contribution < 1.29 is 9.53 Å². The van der Waals surface area contributed by atoms with E-state index in [1.807, 2.05) is 12.1 Å². The van der Waals surface area contributed by atoms with Crippen LogP contribution in [0.4, 0.5) is 0 Å². The first kappa shape index (κ1) is 23.2. The fraction of sp³-hybridized carbons (Fsp3) is 0.364. The van der Waals surface area contributed by atoms with Crippen LogP contribution in [0.3, 0.4) is 0 Å². The first-order chi connectivity index (χ1) is 13.6. The number of benzene rings is 2. The summed E-state index contributed by atoms with van der Waals surface area (Å²) < 4.78 is 6.03. The monoisotopic (exact) mass is 508 g/mol. The third-order valence-corrected chi connectivity index (χ3v) is 4.89. The molecule has 0 saturated carbocycles. The van der Waals surface area contributed by atoms with E-state index in [2.05, 4.69) is 48.3 Å². The summed E-state index contributed by atoms with van der Waals surface area (Å²) >= 11 is 0. The fourth-order valence-electron chi connectivity index (χ4n) is 3.34. The van der Waals surface area contributed by atoms with Crippen LogP contribution in [0.5, 0.6) is 0 Å². The Morgan fingerprint density at radius 1 is 1.24 bits per heavy atom. The van der Waals surface area contributed by atoms with Crippen LogP contribution < -0.4 is 11.1 Å². The molecule has 0 aliphatic carbocycles. The molecule has 29 heavy (non-hydrogen) atoms. The van der Waals surface area contributed by atoms with E-state index in [9.17, 15) is 4.79 Å². The first-order valence-electron chi connectivity index (χ1n) is 9.67. The van der Waals surface area contributed by atoms with Gasteiger partial charge >= 0.3 is 0 Å². The van der Waals surface area contributed by atoms with Crippen molar-refractivity contribution >= 4 is 35.8 Å². The van der Waals surface area contributed by atoms with Crippen molar-refractivity contribution in [3.63, 3.8) is 0 Å². The number of primary amides is 1. The van der Waals surface area contributed by atoms with Crippen molar-refractivity contribution in [3.8, 4) is 0 Å². The van der Waals surface area contributed by atoms with Gasteiger partial charge in [-0.15, -0.1) is 24.0 Å². The number of morpholine rings is 1. The summed E-state index contributed by atoms with van der Waals surface area (Å²) in [6, 6.07) is 15.6. The quantitative estimate of drug-likeness (QED) is 0.369. The standard InChI is InChI=1S/C22H28N4O2.HI/c1-3-24-22(25-14-17-8-10-18(11-9-17)21(23)27)26-12-13-28-20(15-26)19-7-5-4-6-16(19)2;/h4-11,20H,3,12-15H2,1-2H3,(H2,23,27)(H,24,25);1H. The van der Waals surface area contributed by atoms with Gasteiger partial charge in [-0.1, -0.05) is 36.4 Å². The lowest BCUT2D eigenvalue weighted by atomic mass is 10.0. The molecule has 6 nitrogen and oxygen atoms in total. The molecule has 3 N–H and O–H groups in total. The Bertz CT molecular complexity index is 839. The van der Waals surface area contributed by atoms with E-state index in [-0.39, 0.29) is 30.1 Å². The highest BCUT2D eigenvalue weighted by molar-refractivity contribution is 14.0. The molecule has 2 aromatic carbocycles. The molecule has 1 heterocycles. The van der Waals surface area contributed by atoms with Gasteiger partial charge in [-0.25, -0.2) is 4.99 Å². The number of carbonyl (C=O) groups excluding carboxylic acids is 1. The zero-order valence-corrected chi connectivity index (χ0v) is 19.3. The predicted octanol–water partition coefficient (Wildman–Crippen LogP) is 3.25. The van der Waals surface area contributed by atoms with E-state index in [0.29, 0.717) is 18.7 Å². The predicted molar refractivity (Wildman–Crippen MR) is 127 cm³/mol. The van der Waals surface area contributed by atoms with Crippen LogP contribution in [-0.4, -0.2) is 43.0 Å². The van der Waals surface area contributed by atoms with Crippen LogP contribution in [0, 0.1) is 6.92 Å². The van der Waals surface area contributed by atoms with Gasteiger partial charge in [0, 0.05) is 18.7 Å². The summed E-state index contributed by atoms with van der Waals surface area (Å²) in [7, 11) is 0. The Hall–Kier alpha value is -2.13. The zero-order valence-electron chi connectivity index (χ0n) is 16.9. The van der Waals surface area contributed by atoms with Crippen molar-refractivity contribution in [2.24, 2.45) is 10.7 Å². The third-order valence-electron chi connectivity index (χ3n) is 4.89. The van der Waals surface area contributed by atoms with E-state index in [1.54, 1.807) is 12.1 Å². The van der Waals surface area contributed by atoms with Crippen molar-refractivity contribution in [2.45, 2.75) is 26.5 Å². The van der Waals surface area contributed by atoms with E-state index >= 15 is 0 Å². The number of nitrogens with two attached hydrogens (primary N) is 1. The summed E-state index contributed by atoms with van der Waals surface area (Å²) in [6.07, 6.45) is 0.0358. The second-order valence-electron chi connectivity index (χ2n) is 6.89. The maximum Gasteiger partial charge on any atom is 0.248 e. The molecule has 1 aliphatic rings. The second kappa shape index (κ2) is 11.2. The molecule has 1 amide bonds. The van der Waals surface area contributed by atoms with Crippen molar-refractivity contribution in [3.05, 3.63) is 70.8 Å². The minimum atomic E-state index is -0.418. The van der Waals surface area contributed by atoms with Crippen molar-refractivity contribution in [1.82, 2.24) is 10.2 Å². The summed E-state index contributed by atoms with van der Waals surface area (Å²) in [5.41, 5.74) is 9.31. The Balaban J connectivity index is 0.00000300. The van der Waals surface area contributed by atoms with Crippen LogP contribution in [0.2, 0.25) is 0 Å². The Kier molecular flexibility index (Phi) is 8.91. The van der Waals surface area contributed by atoms with Gasteiger partial charge in [0.05, 0.1) is 19.7 Å². The second-order valence-corrected chi connectivity index (χ2v) is 6.89. The number of hydrogen-bond donors (Lipinski definition) is 2. The van der Waals surface area contributed by atoms with Crippen molar-refractivity contribution in [1.29, 1.82) is 0 Å². The molecule has 156 valence electrons. The highest BCUT2D eigenvalue weighted by Gasteiger charge is 2.25. The van der Waals surface area contributed by atoms with E-state index in [1.165, 1.54) is 11.1 Å². The van der Waals surface area contributed by atoms with Crippen LogP contribution >= 0.6 is 24.0 Å². The Morgan fingerprint density at radius 2 is 1.97 bits per heavy atom. The molecule has 0 spiro atoms. The number of hydrogen-bond acceptors (Lipinski definition) is 3. The molecule has 0 radical (unpaired) electrons. The van der Waals surface area contributed by atoms with Crippen LogP contribution in [0.1, 0.15) is 40.1 Å². The van der Waals surface area contributed by atoms with E-state index in [0.717, 1.165) is 31.2 Å². The number of rotatable bonds is 5. The molecule has 1 unspecified atom stereocenters. The lowest BCUT2D eigenvalue weighted by molar-refractivity contribution is -0.00834. The summed E-state index contributed by atoms with van der Waals surface area (Å²) in [5.74, 6) is 0.460. The summed E-state index contributed by atoms with van der Waals surface area (Å²) in [6.45, 7) is 7.74. The third kappa shape index (κ3) is 6.17. The lowest BCUT2D eigenvalue weighted by Gasteiger charge is -2.35. The Labute approximate surface area is 189 Å². The average molecular weight is 508 g/mol. The van der Waals surface area contributed by atoms with Crippen LogP contribution in [0.15, 0.2) is 53.5 Å². The molecule has 0 bridgehead atoms. The molecule has 0 aromatic heterocycles. The van der Waals surface area contributed by atoms with Gasteiger partial charge in [0.2, 0.25) is 5.91 Å². The molecule has 2 aromatic rings. The highest BCUT2D eigenvalue weighted by atomic mass is 127. The zero-order chi connectivity index (χ0) is 19.9. The molecule has 3 rings (SSSR count). The van der Waals surface area contributed by atoms with Crippen LogP contribution in [0.25, 0.3) is 0 Å². The van der Waals surface area contributed by atoms with E-state index < -0.39 is 5.91 Å². The van der Waals surface area contributed by atoms with E-state index in [4.69, 9.17) is 15.5 Å². The molecule has 1 saturated heterocycles. The molecule has 1 aliphatic heterocycles. The number of guanidine groups is 1. The number of nitrogens with one attached hydrogen (secondary N) is 1. The number of ether oxygens (including phenoxy) is 1. The molecule has 7 heteroatoms.